The third kappa shape index (κ3) is 4.71. The first-order chi connectivity index (χ1) is 13.9. The van der Waals surface area contributed by atoms with Crippen LogP contribution in [0.4, 0.5) is 11.4 Å². The predicted molar refractivity (Wildman–Crippen MR) is 110 cm³/mol. The Balaban J connectivity index is 1.81. The summed E-state index contributed by atoms with van der Waals surface area (Å²) in [5.74, 6) is -1.73. The van der Waals surface area contributed by atoms with Crippen molar-refractivity contribution in [3.8, 4) is 0 Å². The Morgan fingerprint density at radius 1 is 1.14 bits per heavy atom. The molecule has 1 fully saturated rings. The van der Waals surface area contributed by atoms with Crippen molar-refractivity contribution in [2.24, 2.45) is 11.7 Å². The Kier molecular flexibility index (Phi) is 6.11. The van der Waals surface area contributed by atoms with Gasteiger partial charge in [-0.3, -0.25) is 19.4 Å². The van der Waals surface area contributed by atoms with Crippen LogP contribution in [-0.4, -0.2) is 41.2 Å². The fourth-order valence-electron chi connectivity index (χ4n) is 3.58. The van der Waals surface area contributed by atoms with E-state index in [-0.39, 0.29) is 17.3 Å². The molecule has 0 aliphatic carbocycles. The minimum absolute atomic E-state index is 0.156. The first-order valence-corrected chi connectivity index (χ1v) is 9.53. The fourth-order valence-corrected chi connectivity index (χ4v) is 3.58. The molecule has 1 saturated heterocycles. The molecule has 0 radical (unpaired) electrons. The fraction of sp³-hybridized carbons (Fsp3) is 0.333. The van der Waals surface area contributed by atoms with Crippen molar-refractivity contribution in [2.75, 3.05) is 24.2 Å². The number of pyridine rings is 1. The van der Waals surface area contributed by atoms with Gasteiger partial charge in [-0.25, -0.2) is 0 Å². The summed E-state index contributed by atoms with van der Waals surface area (Å²) >= 11 is 0. The number of anilines is 2. The summed E-state index contributed by atoms with van der Waals surface area (Å²) in [5, 5.41) is 5.63. The number of carbonyl (C=O) groups is 3. The molecule has 2 heterocycles. The van der Waals surface area contributed by atoms with E-state index in [0.29, 0.717) is 12.5 Å². The number of nitrogens with one attached hydrogen (secondary N) is 2. The molecule has 0 spiro atoms. The molecule has 1 aliphatic rings. The minimum atomic E-state index is -0.766. The number of likely N-dealkylation sites (tertiary alicyclic amines) is 1. The van der Waals surface area contributed by atoms with Crippen LogP contribution >= 0.6 is 0 Å². The molecule has 1 aromatic heterocycles. The molecule has 152 valence electrons. The Morgan fingerprint density at radius 2 is 1.93 bits per heavy atom. The van der Waals surface area contributed by atoms with Crippen LogP contribution in [0, 0.1) is 5.92 Å². The summed E-state index contributed by atoms with van der Waals surface area (Å²) < 4.78 is 0. The summed E-state index contributed by atoms with van der Waals surface area (Å²) in [5.41, 5.74) is 7.58. The van der Waals surface area contributed by atoms with Gasteiger partial charge in [-0.15, -0.1) is 0 Å². The Bertz CT molecular complexity index is 930. The standard InChI is InChI=1S/C21H25N5O3/c1-13-6-7-18(14-4-3-5-16(8-14)23-2)26(12-13)21(29)20(28)25-17-9-15(19(22)27)10-24-11-17/h3-5,8-11,13,18,23H,6-7,12H2,1-2H3,(H2,22,27)(H,25,28)/t13-,18+/m1/s1. The van der Waals surface area contributed by atoms with Gasteiger partial charge in [0.25, 0.3) is 0 Å². The van der Waals surface area contributed by atoms with Gasteiger partial charge >= 0.3 is 11.8 Å². The van der Waals surface area contributed by atoms with Crippen LogP contribution in [0.1, 0.15) is 41.7 Å². The second-order valence-corrected chi connectivity index (χ2v) is 7.31. The number of primary amides is 1. The highest BCUT2D eigenvalue weighted by Gasteiger charge is 2.34. The molecule has 1 aromatic carbocycles. The van der Waals surface area contributed by atoms with Gasteiger partial charge in [0.05, 0.1) is 23.5 Å². The number of aromatic nitrogens is 1. The average molecular weight is 395 g/mol. The average Bonchev–Trinajstić information content (AvgIpc) is 2.73. The highest BCUT2D eigenvalue weighted by molar-refractivity contribution is 6.39. The largest absolute Gasteiger partial charge is 0.388 e. The van der Waals surface area contributed by atoms with Crippen LogP contribution in [0.25, 0.3) is 0 Å². The zero-order valence-corrected chi connectivity index (χ0v) is 16.5. The van der Waals surface area contributed by atoms with E-state index in [1.807, 2.05) is 31.3 Å². The minimum Gasteiger partial charge on any atom is -0.388 e. The number of carbonyl (C=O) groups excluding carboxylic acids is 3. The first-order valence-electron chi connectivity index (χ1n) is 9.53. The molecule has 4 N–H and O–H groups in total. The molecular formula is C21H25N5O3. The molecule has 8 nitrogen and oxygen atoms in total. The van der Waals surface area contributed by atoms with Crippen LogP contribution in [0.15, 0.2) is 42.7 Å². The number of nitrogens with zero attached hydrogens (tertiary/aromatic N) is 2. The smallest absolute Gasteiger partial charge is 0.313 e. The summed E-state index contributed by atoms with van der Waals surface area (Å²) in [7, 11) is 1.84. The summed E-state index contributed by atoms with van der Waals surface area (Å²) in [6.45, 7) is 2.57. The van der Waals surface area contributed by atoms with Crippen LogP contribution in [0.2, 0.25) is 0 Å². The van der Waals surface area contributed by atoms with E-state index in [9.17, 15) is 14.4 Å². The quantitative estimate of drug-likeness (QED) is 0.686. The van der Waals surface area contributed by atoms with Gasteiger partial charge in [0.2, 0.25) is 5.91 Å². The molecule has 3 rings (SSSR count). The molecule has 8 heteroatoms. The van der Waals surface area contributed by atoms with Crippen molar-refractivity contribution in [3.63, 3.8) is 0 Å². The van der Waals surface area contributed by atoms with Crippen molar-refractivity contribution in [3.05, 3.63) is 53.9 Å². The van der Waals surface area contributed by atoms with E-state index >= 15 is 0 Å². The van der Waals surface area contributed by atoms with E-state index < -0.39 is 17.7 Å². The van der Waals surface area contributed by atoms with Crippen LogP contribution in [-0.2, 0) is 9.59 Å². The van der Waals surface area contributed by atoms with Gasteiger partial charge in [-0.05, 0) is 42.5 Å². The van der Waals surface area contributed by atoms with E-state index in [2.05, 4.69) is 22.5 Å². The highest BCUT2D eigenvalue weighted by Crippen LogP contribution is 2.34. The second-order valence-electron chi connectivity index (χ2n) is 7.31. The molecule has 0 unspecified atom stereocenters. The van der Waals surface area contributed by atoms with E-state index in [1.165, 1.54) is 18.5 Å². The lowest BCUT2D eigenvalue weighted by atomic mass is 9.89. The number of benzene rings is 1. The monoisotopic (exact) mass is 395 g/mol. The Morgan fingerprint density at radius 3 is 2.66 bits per heavy atom. The van der Waals surface area contributed by atoms with Gasteiger partial charge in [-0.2, -0.15) is 0 Å². The lowest BCUT2D eigenvalue weighted by molar-refractivity contribution is -0.146. The molecule has 0 saturated carbocycles. The van der Waals surface area contributed by atoms with Gasteiger partial charge in [0.15, 0.2) is 0 Å². The molecule has 2 atom stereocenters. The SMILES string of the molecule is CNc1cccc([C@@H]2CC[C@@H](C)CN2C(=O)C(=O)Nc2cncc(C(N)=O)c2)c1. The van der Waals surface area contributed by atoms with Crippen LogP contribution < -0.4 is 16.4 Å². The van der Waals surface area contributed by atoms with Crippen molar-refractivity contribution in [1.82, 2.24) is 9.88 Å². The van der Waals surface area contributed by atoms with Crippen LogP contribution in [0.5, 0.6) is 0 Å². The number of piperidine rings is 1. The molecule has 29 heavy (non-hydrogen) atoms. The number of nitrogens with two attached hydrogens (primary N) is 1. The number of rotatable bonds is 4. The molecule has 2 aromatic rings. The Hall–Kier alpha value is -3.42. The maximum absolute atomic E-state index is 13.0. The first kappa shape index (κ1) is 20.3. The third-order valence-electron chi connectivity index (χ3n) is 5.11. The van der Waals surface area contributed by atoms with Crippen molar-refractivity contribution in [1.29, 1.82) is 0 Å². The summed E-state index contributed by atoms with van der Waals surface area (Å²) in [6, 6.07) is 9.08. The van der Waals surface area contributed by atoms with Gasteiger partial charge in [0, 0.05) is 25.5 Å². The maximum Gasteiger partial charge on any atom is 0.313 e. The number of amides is 3. The van der Waals surface area contributed by atoms with Gasteiger partial charge in [-0.1, -0.05) is 19.1 Å². The zero-order valence-electron chi connectivity index (χ0n) is 16.5. The van der Waals surface area contributed by atoms with Gasteiger partial charge in [0.1, 0.15) is 0 Å². The molecular weight excluding hydrogens is 370 g/mol. The van der Waals surface area contributed by atoms with Crippen LogP contribution in [0.3, 0.4) is 0 Å². The molecule has 1 aliphatic heterocycles. The van der Waals surface area contributed by atoms with Crippen molar-refractivity contribution in [2.45, 2.75) is 25.8 Å². The van der Waals surface area contributed by atoms with Crippen molar-refractivity contribution >= 4 is 29.1 Å². The van der Waals surface area contributed by atoms with Crippen molar-refractivity contribution < 1.29 is 14.4 Å². The second kappa shape index (κ2) is 8.72. The maximum atomic E-state index is 13.0. The summed E-state index contributed by atoms with van der Waals surface area (Å²) in [4.78, 5) is 42.4. The summed E-state index contributed by atoms with van der Waals surface area (Å²) in [6.07, 6.45) is 4.43. The lowest BCUT2D eigenvalue weighted by Crippen LogP contribution is -2.46. The lowest BCUT2D eigenvalue weighted by Gasteiger charge is -2.38. The van der Waals surface area contributed by atoms with E-state index in [0.717, 1.165) is 24.1 Å². The highest BCUT2D eigenvalue weighted by atomic mass is 16.2. The normalized spacial score (nSPS) is 18.8. The third-order valence-corrected chi connectivity index (χ3v) is 5.11. The van der Waals surface area contributed by atoms with Gasteiger partial charge < -0.3 is 21.3 Å². The molecule has 0 bridgehead atoms. The number of hydrogen-bond acceptors (Lipinski definition) is 5. The van der Waals surface area contributed by atoms with E-state index in [1.54, 1.807) is 4.90 Å². The Labute approximate surface area is 169 Å². The topological polar surface area (TPSA) is 117 Å². The zero-order chi connectivity index (χ0) is 21.0. The number of hydrogen-bond donors (Lipinski definition) is 3. The predicted octanol–water partition coefficient (Wildman–Crippen LogP) is 2.16. The molecule has 3 amide bonds. The van der Waals surface area contributed by atoms with E-state index in [4.69, 9.17) is 5.73 Å².